The first-order chi connectivity index (χ1) is 21.0. The van der Waals surface area contributed by atoms with Crippen LogP contribution in [-0.4, -0.2) is 43.3 Å². The Morgan fingerprint density at radius 2 is 1.80 bits per heavy atom. The number of aromatic nitrogens is 1. The average molecular weight is 614 g/mol. The molecule has 1 aliphatic heterocycles. The minimum Gasteiger partial charge on any atom is -0.463 e. The fourth-order valence-corrected chi connectivity index (χ4v) is 6.14. The minimum absolute atomic E-state index is 0.206. The van der Waals surface area contributed by atoms with E-state index < -0.39 is 12.0 Å². The van der Waals surface area contributed by atoms with Gasteiger partial charge in [0.1, 0.15) is 11.5 Å². The number of allylic oxidation sites excluding steroid dienone is 1. The average Bonchev–Trinajstić information content (AvgIpc) is 3.55. The van der Waals surface area contributed by atoms with Crippen LogP contribution in [-0.2, 0) is 14.3 Å². The summed E-state index contributed by atoms with van der Waals surface area (Å²) in [6, 6.07) is 16.0. The molecule has 0 spiro atoms. The zero-order valence-corrected chi connectivity index (χ0v) is 26.7. The number of carbonyl (C=O) groups is 2. The van der Waals surface area contributed by atoms with Crippen LogP contribution >= 0.6 is 11.3 Å². The standard InChI is InChI=1S/C34H35N3O6S/c1-8-41-33(40)29-21(5)35-34-37(30(29)22-9-12-24(13-10-22)36(6)7)31(38)28(44-34)18-25-14-16-27(43-25)26-15-11-23(17-20(26)4)32(39)42-19(2)3/h9-19,30H,8H2,1-7H3/b28-18+/t30-/m1/s1. The van der Waals surface area contributed by atoms with Gasteiger partial charge in [-0.3, -0.25) is 9.36 Å². The SMILES string of the molecule is CCOC(=O)C1=C(C)N=c2s/c(=C/c3ccc(-c4ccc(C(=O)OC(C)C)cc4C)o3)c(=O)n2[C@@H]1c1ccc(N(C)C)cc1. The van der Waals surface area contributed by atoms with Crippen LogP contribution in [0.4, 0.5) is 5.69 Å². The number of hydrogen-bond acceptors (Lipinski definition) is 9. The maximum Gasteiger partial charge on any atom is 0.338 e. The molecule has 10 heteroatoms. The zero-order valence-electron chi connectivity index (χ0n) is 25.8. The molecule has 0 radical (unpaired) electrons. The Morgan fingerprint density at radius 1 is 1.07 bits per heavy atom. The molecule has 1 aliphatic rings. The van der Waals surface area contributed by atoms with Gasteiger partial charge in [0.05, 0.1) is 40.1 Å². The number of anilines is 1. The Hall–Kier alpha value is -4.70. The van der Waals surface area contributed by atoms with E-state index in [1.807, 2.05) is 76.2 Å². The van der Waals surface area contributed by atoms with Gasteiger partial charge in [0, 0.05) is 31.4 Å². The molecule has 44 heavy (non-hydrogen) atoms. The van der Waals surface area contributed by atoms with Crippen molar-refractivity contribution in [3.63, 3.8) is 0 Å². The van der Waals surface area contributed by atoms with Crippen LogP contribution in [0.5, 0.6) is 0 Å². The monoisotopic (exact) mass is 613 g/mol. The van der Waals surface area contributed by atoms with Crippen molar-refractivity contribution in [3.05, 3.63) is 108 Å². The molecule has 0 unspecified atom stereocenters. The van der Waals surface area contributed by atoms with Crippen LogP contribution in [0, 0.1) is 6.92 Å². The third-order valence-electron chi connectivity index (χ3n) is 7.21. The summed E-state index contributed by atoms with van der Waals surface area (Å²) in [4.78, 5) is 46.5. The Bertz CT molecular complexity index is 1940. The van der Waals surface area contributed by atoms with Gasteiger partial charge in [-0.05, 0) is 82.1 Å². The van der Waals surface area contributed by atoms with Crippen LogP contribution in [0.25, 0.3) is 17.4 Å². The number of furan rings is 1. The highest BCUT2D eigenvalue weighted by atomic mass is 32.1. The number of ether oxygens (including phenoxy) is 2. The second kappa shape index (κ2) is 12.5. The van der Waals surface area contributed by atoms with Crippen molar-refractivity contribution in [3.8, 4) is 11.3 Å². The Labute approximate surface area is 259 Å². The van der Waals surface area contributed by atoms with Gasteiger partial charge >= 0.3 is 11.9 Å². The molecule has 0 amide bonds. The summed E-state index contributed by atoms with van der Waals surface area (Å²) in [6.45, 7) is 9.23. The van der Waals surface area contributed by atoms with Crippen molar-refractivity contribution in [1.82, 2.24) is 4.57 Å². The maximum absolute atomic E-state index is 13.9. The molecular formula is C34H35N3O6S. The molecule has 0 N–H and O–H groups in total. The van der Waals surface area contributed by atoms with Crippen molar-refractivity contribution in [2.75, 3.05) is 25.6 Å². The largest absolute Gasteiger partial charge is 0.463 e. The number of hydrogen-bond donors (Lipinski definition) is 0. The molecule has 0 saturated carbocycles. The van der Waals surface area contributed by atoms with Gasteiger partial charge in [0.2, 0.25) is 0 Å². The van der Waals surface area contributed by atoms with Gasteiger partial charge in [-0.1, -0.05) is 29.5 Å². The van der Waals surface area contributed by atoms with E-state index in [1.165, 1.54) is 11.3 Å². The van der Waals surface area contributed by atoms with Crippen LogP contribution in [0.3, 0.4) is 0 Å². The Balaban J connectivity index is 1.55. The molecule has 0 saturated heterocycles. The number of nitrogens with zero attached hydrogens (tertiary/aromatic N) is 3. The number of fused-ring (bicyclic) bond motifs is 1. The fourth-order valence-electron chi connectivity index (χ4n) is 5.12. The van der Waals surface area contributed by atoms with Crippen LogP contribution < -0.4 is 19.8 Å². The topological polar surface area (TPSA) is 103 Å². The minimum atomic E-state index is -0.695. The smallest absolute Gasteiger partial charge is 0.338 e. The summed E-state index contributed by atoms with van der Waals surface area (Å²) >= 11 is 1.23. The molecule has 0 aliphatic carbocycles. The summed E-state index contributed by atoms with van der Waals surface area (Å²) in [7, 11) is 3.90. The molecule has 2 aromatic carbocycles. The second-order valence-electron chi connectivity index (χ2n) is 11.0. The van der Waals surface area contributed by atoms with Crippen molar-refractivity contribution < 1.29 is 23.5 Å². The van der Waals surface area contributed by atoms with E-state index in [1.54, 1.807) is 42.7 Å². The lowest BCUT2D eigenvalue weighted by Crippen LogP contribution is -2.39. The molecule has 0 bridgehead atoms. The molecule has 4 aromatic rings. The predicted molar refractivity (Wildman–Crippen MR) is 171 cm³/mol. The van der Waals surface area contributed by atoms with Crippen molar-refractivity contribution in [2.24, 2.45) is 4.99 Å². The quantitative estimate of drug-likeness (QED) is 0.258. The number of esters is 2. The van der Waals surface area contributed by atoms with E-state index in [9.17, 15) is 14.4 Å². The number of benzene rings is 2. The Kier molecular flexibility index (Phi) is 8.73. The van der Waals surface area contributed by atoms with Crippen molar-refractivity contribution >= 4 is 35.0 Å². The van der Waals surface area contributed by atoms with Crippen LogP contribution in [0.1, 0.15) is 61.0 Å². The lowest BCUT2D eigenvalue weighted by Gasteiger charge is -2.25. The predicted octanol–water partition coefficient (Wildman–Crippen LogP) is 5.00. The number of thiazole rings is 1. The van der Waals surface area contributed by atoms with Gasteiger partial charge in [-0.2, -0.15) is 0 Å². The maximum atomic E-state index is 13.9. The van der Waals surface area contributed by atoms with Gasteiger partial charge in [0.25, 0.3) is 5.56 Å². The first-order valence-corrected chi connectivity index (χ1v) is 15.2. The zero-order chi connectivity index (χ0) is 31.7. The lowest BCUT2D eigenvalue weighted by atomic mass is 9.95. The number of aryl methyl sites for hydroxylation is 1. The summed E-state index contributed by atoms with van der Waals surface area (Å²) in [5, 5.41) is 0. The first-order valence-electron chi connectivity index (χ1n) is 14.4. The summed E-state index contributed by atoms with van der Waals surface area (Å²) in [5.74, 6) is 0.212. The molecule has 1 atom stereocenters. The summed E-state index contributed by atoms with van der Waals surface area (Å²) in [6.07, 6.45) is 1.48. The van der Waals surface area contributed by atoms with Gasteiger partial charge < -0.3 is 18.8 Å². The lowest BCUT2D eigenvalue weighted by molar-refractivity contribution is -0.139. The first kappa shape index (κ1) is 30.7. The molecule has 5 rings (SSSR count). The van der Waals surface area contributed by atoms with E-state index in [2.05, 4.69) is 4.99 Å². The van der Waals surface area contributed by atoms with Gasteiger partial charge in [-0.25, -0.2) is 14.6 Å². The van der Waals surface area contributed by atoms with Crippen molar-refractivity contribution in [1.29, 1.82) is 0 Å². The highest BCUT2D eigenvalue weighted by Gasteiger charge is 2.33. The van der Waals surface area contributed by atoms with Crippen LogP contribution in [0.2, 0.25) is 0 Å². The third-order valence-corrected chi connectivity index (χ3v) is 8.20. The molecule has 228 valence electrons. The normalized spacial score (nSPS) is 14.8. The van der Waals surface area contributed by atoms with E-state index in [4.69, 9.17) is 13.9 Å². The van der Waals surface area contributed by atoms with E-state index >= 15 is 0 Å². The number of carbonyl (C=O) groups excluding carboxylic acids is 2. The molecular weight excluding hydrogens is 578 g/mol. The van der Waals surface area contributed by atoms with E-state index in [0.29, 0.717) is 37.7 Å². The fraction of sp³-hybridized carbons (Fsp3) is 0.294. The second-order valence-corrected chi connectivity index (χ2v) is 12.0. The molecule has 9 nitrogen and oxygen atoms in total. The van der Waals surface area contributed by atoms with Gasteiger partial charge in [-0.15, -0.1) is 0 Å². The molecule has 2 aromatic heterocycles. The highest BCUT2D eigenvalue weighted by molar-refractivity contribution is 7.07. The summed E-state index contributed by atoms with van der Waals surface area (Å²) < 4.78 is 18.8. The van der Waals surface area contributed by atoms with E-state index in [-0.39, 0.29) is 24.2 Å². The van der Waals surface area contributed by atoms with Gasteiger partial charge in [0.15, 0.2) is 4.80 Å². The molecule has 3 heterocycles. The Morgan fingerprint density at radius 3 is 2.43 bits per heavy atom. The van der Waals surface area contributed by atoms with Crippen LogP contribution in [0.15, 0.2) is 80.1 Å². The van der Waals surface area contributed by atoms with E-state index in [0.717, 1.165) is 22.4 Å². The number of rotatable bonds is 8. The van der Waals surface area contributed by atoms with Crippen molar-refractivity contribution in [2.45, 2.75) is 46.8 Å². The third kappa shape index (κ3) is 6.03. The summed E-state index contributed by atoms with van der Waals surface area (Å²) in [5.41, 5.74) is 4.47. The molecule has 0 fully saturated rings. The highest BCUT2D eigenvalue weighted by Crippen LogP contribution is 2.32.